The van der Waals surface area contributed by atoms with Crippen LogP contribution < -0.4 is 5.32 Å². The van der Waals surface area contributed by atoms with Gasteiger partial charge in [0.1, 0.15) is 11.0 Å². The van der Waals surface area contributed by atoms with Crippen molar-refractivity contribution in [1.82, 2.24) is 14.9 Å². The van der Waals surface area contributed by atoms with Crippen molar-refractivity contribution in [2.45, 2.75) is 32.4 Å². The molecular formula is C10H18ClN3O. The number of aromatic nitrogens is 2. The zero-order valence-corrected chi connectivity index (χ0v) is 9.96. The molecule has 86 valence electrons. The molecule has 0 saturated heterocycles. The molecule has 0 aliphatic heterocycles. The lowest BCUT2D eigenvalue weighted by Gasteiger charge is -2.08. The standard InChI is InChI=1S/C10H18ClN3O/c1-3-8(15)4-5-12-7-10-13-6-9(11)14(10)2/h6,8,12,15H,3-5,7H2,1-2H3. The van der Waals surface area contributed by atoms with E-state index in [0.717, 1.165) is 25.2 Å². The van der Waals surface area contributed by atoms with Crippen LogP contribution in [0.15, 0.2) is 6.20 Å². The van der Waals surface area contributed by atoms with Gasteiger partial charge in [-0.15, -0.1) is 0 Å². The average molecular weight is 232 g/mol. The van der Waals surface area contributed by atoms with Crippen molar-refractivity contribution in [3.05, 3.63) is 17.2 Å². The number of imidazole rings is 1. The maximum atomic E-state index is 9.33. The maximum Gasteiger partial charge on any atom is 0.128 e. The number of nitrogens with one attached hydrogen (secondary N) is 1. The average Bonchev–Trinajstić information content (AvgIpc) is 2.55. The summed E-state index contributed by atoms with van der Waals surface area (Å²) in [7, 11) is 1.88. The molecule has 0 aromatic carbocycles. The molecule has 0 saturated carbocycles. The molecule has 0 aliphatic rings. The zero-order valence-electron chi connectivity index (χ0n) is 9.20. The van der Waals surface area contributed by atoms with Crippen molar-refractivity contribution in [1.29, 1.82) is 0 Å². The van der Waals surface area contributed by atoms with Gasteiger partial charge in [0.15, 0.2) is 0 Å². The minimum Gasteiger partial charge on any atom is -0.393 e. The number of hydrogen-bond donors (Lipinski definition) is 2. The number of nitrogens with zero attached hydrogens (tertiary/aromatic N) is 2. The second kappa shape index (κ2) is 6.10. The van der Waals surface area contributed by atoms with Gasteiger partial charge in [0.2, 0.25) is 0 Å². The van der Waals surface area contributed by atoms with E-state index in [4.69, 9.17) is 11.6 Å². The molecule has 0 amide bonds. The number of halogens is 1. The summed E-state index contributed by atoms with van der Waals surface area (Å²) in [6.45, 7) is 3.45. The predicted molar refractivity (Wildman–Crippen MR) is 60.8 cm³/mol. The van der Waals surface area contributed by atoms with Crippen LogP contribution in [0.3, 0.4) is 0 Å². The van der Waals surface area contributed by atoms with Crippen LogP contribution in [-0.4, -0.2) is 27.3 Å². The van der Waals surface area contributed by atoms with E-state index in [1.807, 2.05) is 18.5 Å². The van der Waals surface area contributed by atoms with Crippen LogP contribution in [0.25, 0.3) is 0 Å². The number of aliphatic hydroxyl groups is 1. The zero-order chi connectivity index (χ0) is 11.3. The first kappa shape index (κ1) is 12.5. The van der Waals surface area contributed by atoms with Gasteiger partial charge in [-0.1, -0.05) is 18.5 Å². The van der Waals surface area contributed by atoms with Crippen molar-refractivity contribution in [2.75, 3.05) is 6.54 Å². The van der Waals surface area contributed by atoms with Crippen molar-refractivity contribution >= 4 is 11.6 Å². The first-order chi connectivity index (χ1) is 7.15. The Bertz CT molecular complexity index is 301. The minimum absolute atomic E-state index is 0.206. The Morgan fingerprint density at radius 2 is 2.40 bits per heavy atom. The Morgan fingerprint density at radius 3 is 2.93 bits per heavy atom. The molecule has 0 fully saturated rings. The second-order valence-electron chi connectivity index (χ2n) is 3.58. The highest BCUT2D eigenvalue weighted by Gasteiger charge is 2.04. The summed E-state index contributed by atoms with van der Waals surface area (Å²) in [5, 5.41) is 13.2. The highest BCUT2D eigenvalue weighted by atomic mass is 35.5. The quantitative estimate of drug-likeness (QED) is 0.727. The minimum atomic E-state index is -0.206. The lowest BCUT2D eigenvalue weighted by molar-refractivity contribution is 0.159. The molecule has 1 unspecified atom stereocenters. The van der Waals surface area contributed by atoms with Crippen LogP contribution >= 0.6 is 11.6 Å². The molecule has 2 N–H and O–H groups in total. The Morgan fingerprint density at radius 1 is 1.67 bits per heavy atom. The van der Waals surface area contributed by atoms with Gasteiger partial charge in [0, 0.05) is 7.05 Å². The third kappa shape index (κ3) is 3.81. The van der Waals surface area contributed by atoms with Gasteiger partial charge in [-0.25, -0.2) is 4.98 Å². The van der Waals surface area contributed by atoms with Crippen LogP contribution in [0, 0.1) is 0 Å². The summed E-state index contributed by atoms with van der Waals surface area (Å²) in [6.07, 6.45) is 3.01. The summed E-state index contributed by atoms with van der Waals surface area (Å²) in [6, 6.07) is 0. The molecule has 15 heavy (non-hydrogen) atoms. The molecule has 5 heteroatoms. The van der Waals surface area contributed by atoms with Crippen LogP contribution in [0.4, 0.5) is 0 Å². The number of hydrogen-bond acceptors (Lipinski definition) is 3. The second-order valence-corrected chi connectivity index (χ2v) is 3.97. The first-order valence-corrected chi connectivity index (χ1v) is 5.57. The fourth-order valence-electron chi connectivity index (χ4n) is 1.26. The van der Waals surface area contributed by atoms with E-state index in [-0.39, 0.29) is 6.10 Å². The van der Waals surface area contributed by atoms with Crippen molar-refractivity contribution in [2.24, 2.45) is 7.05 Å². The van der Waals surface area contributed by atoms with E-state index in [1.54, 1.807) is 6.20 Å². The summed E-state index contributed by atoms with van der Waals surface area (Å²) >= 11 is 5.85. The van der Waals surface area contributed by atoms with E-state index in [1.165, 1.54) is 0 Å². The summed E-state index contributed by atoms with van der Waals surface area (Å²) in [5.41, 5.74) is 0. The SMILES string of the molecule is CCC(O)CCNCc1ncc(Cl)n1C. The molecule has 4 nitrogen and oxygen atoms in total. The van der Waals surface area contributed by atoms with Crippen LogP contribution in [0.1, 0.15) is 25.6 Å². The molecule has 1 atom stereocenters. The molecule has 1 aromatic rings. The van der Waals surface area contributed by atoms with Crippen LogP contribution in [0.5, 0.6) is 0 Å². The van der Waals surface area contributed by atoms with Gasteiger partial charge in [-0.2, -0.15) is 0 Å². The number of aliphatic hydroxyl groups excluding tert-OH is 1. The summed E-state index contributed by atoms with van der Waals surface area (Å²) in [4.78, 5) is 4.16. The normalized spacial score (nSPS) is 13.1. The van der Waals surface area contributed by atoms with Gasteiger partial charge < -0.3 is 15.0 Å². The Balaban J connectivity index is 2.23. The van der Waals surface area contributed by atoms with E-state index in [9.17, 15) is 5.11 Å². The monoisotopic (exact) mass is 231 g/mol. The third-order valence-corrected chi connectivity index (χ3v) is 2.79. The molecule has 1 rings (SSSR count). The fraction of sp³-hybridized carbons (Fsp3) is 0.700. The third-order valence-electron chi connectivity index (χ3n) is 2.44. The van der Waals surface area contributed by atoms with Crippen molar-refractivity contribution in [3.63, 3.8) is 0 Å². The highest BCUT2D eigenvalue weighted by Crippen LogP contribution is 2.08. The van der Waals surface area contributed by atoms with Gasteiger partial charge in [0.25, 0.3) is 0 Å². The fourth-order valence-corrected chi connectivity index (χ4v) is 1.41. The Kier molecular flexibility index (Phi) is 5.08. The molecule has 0 radical (unpaired) electrons. The predicted octanol–water partition coefficient (Wildman–Crippen LogP) is 1.32. The van der Waals surface area contributed by atoms with E-state index >= 15 is 0 Å². The lowest BCUT2D eigenvalue weighted by Crippen LogP contribution is -2.21. The Hall–Kier alpha value is -0.580. The molecule has 1 heterocycles. The Labute approximate surface area is 95.3 Å². The number of rotatable bonds is 6. The van der Waals surface area contributed by atoms with Gasteiger partial charge in [-0.3, -0.25) is 0 Å². The lowest BCUT2D eigenvalue weighted by atomic mass is 10.2. The smallest absolute Gasteiger partial charge is 0.128 e. The highest BCUT2D eigenvalue weighted by molar-refractivity contribution is 6.29. The molecule has 0 bridgehead atoms. The molecular weight excluding hydrogens is 214 g/mol. The first-order valence-electron chi connectivity index (χ1n) is 5.20. The van der Waals surface area contributed by atoms with E-state index < -0.39 is 0 Å². The van der Waals surface area contributed by atoms with Gasteiger partial charge >= 0.3 is 0 Å². The van der Waals surface area contributed by atoms with E-state index in [2.05, 4.69) is 10.3 Å². The largest absolute Gasteiger partial charge is 0.393 e. The molecule has 1 aromatic heterocycles. The molecule has 0 spiro atoms. The van der Waals surface area contributed by atoms with Crippen LogP contribution in [-0.2, 0) is 13.6 Å². The maximum absolute atomic E-state index is 9.33. The van der Waals surface area contributed by atoms with E-state index in [0.29, 0.717) is 11.7 Å². The van der Waals surface area contributed by atoms with Crippen molar-refractivity contribution in [3.8, 4) is 0 Å². The molecule has 0 aliphatic carbocycles. The van der Waals surface area contributed by atoms with Crippen LogP contribution in [0.2, 0.25) is 5.15 Å². The summed E-state index contributed by atoms with van der Waals surface area (Å²) < 4.78 is 1.84. The van der Waals surface area contributed by atoms with Gasteiger partial charge in [0.05, 0.1) is 18.8 Å². The topological polar surface area (TPSA) is 50.1 Å². The van der Waals surface area contributed by atoms with Crippen molar-refractivity contribution < 1.29 is 5.11 Å². The van der Waals surface area contributed by atoms with Gasteiger partial charge in [-0.05, 0) is 19.4 Å². The summed E-state index contributed by atoms with van der Waals surface area (Å²) in [5.74, 6) is 0.908.